The molecule has 0 bridgehead atoms. The number of rotatable bonds is 3. The molecule has 0 aliphatic heterocycles. The molecule has 0 fully saturated rings. The van der Waals surface area contributed by atoms with E-state index in [1.807, 2.05) is 0 Å². The number of alkyl halides is 3. The fraction of sp³-hybridized carbons (Fsp3) is 0.429. The first-order chi connectivity index (χ1) is 11.0. The highest BCUT2D eigenvalue weighted by molar-refractivity contribution is 5.95. The summed E-state index contributed by atoms with van der Waals surface area (Å²) in [5, 5.41) is 5.84. The molecule has 0 aliphatic carbocycles. The second-order valence-electron chi connectivity index (χ2n) is 5.90. The van der Waals surface area contributed by atoms with Crippen molar-refractivity contribution in [1.82, 2.24) is 19.9 Å². The van der Waals surface area contributed by atoms with Gasteiger partial charge in [0.05, 0.1) is 0 Å². The van der Waals surface area contributed by atoms with Crippen LogP contribution in [0.5, 0.6) is 0 Å². The van der Waals surface area contributed by atoms with Gasteiger partial charge in [0.1, 0.15) is 17.8 Å². The lowest BCUT2D eigenvalue weighted by Gasteiger charge is -2.19. The Hall–Kier alpha value is -2.65. The minimum atomic E-state index is -4.64. The number of amides is 1. The topological polar surface area (TPSA) is 85.6 Å². The highest BCUT2D eigenvalue weighted by atomic mass is 19.4. The predicted molar refractivity (Wildman–Crippen MR) is 76.2 cm³/mol. The van der Waals surface area contributed by atoms with Crippen LogP contribution in [0.2, 0.25) is 0 Å². The van der Waals surface area contributed by atoms with E-state index in [4.69, 9.17) is 4.74 Å². The minimum absolute atomic E-state index is 0.132. The van der Waals surface area contributed by atoms with Crippen molar-refractivity contribution in [2.75, 3.05) is 6.54 Å². The van der Waals surface area contributed by atoms with Crippen molar-refractivity contribution < 1.29 is 27.5 Å². The Labute approximate surface area is 134 Å². The van der Waals surface area contributed by atoms with Crippen LogP contribution in [0.1, 0.15) is 37.0 Å². The standard InChI is InChI=1S/C14H15F3N4O3/c1-13(2,3)24-11(22)7-19-12(23)8-6-10-18-5-4-9(14(15,16)17)21(10)20-8/h4-6H,7H2,1-3H3,(H,19,23). The summed E-state index contributed by atoms with van der Waals surface area (Å²) in [4.78, 5) is 27.2. The molecule has 7 nitrogen and oxygen atoms in total. The second kappa shape index (κ2) is 6.10. The van der Waals surface area contributed by atoms with Gasteiger partial charge in [-0.05, 0) is 26.8 Å². The van der Waals surface area contributed by atoms with Crippen LogP contribution < -0.4 is 5.32 Å². The molecule has 2 aromatic heterocycles. The molecule has 2 rings (SSSR count). The molecular formula is C14H15F3N4O3. The van der Waals surface area contributed by atoms with Crippen LogP contribution >= 0.6 is 0 Å². The van der Waals surface area contributed by atoms with Gasteiger partial charge in [-0.3, -0.25) is 9.59 Å². The minimum Gasteiger partial charge on any atom is -0.459 e. The Morgan fingerprint density at radius 1 is 1.29 bits per heavy atom. The molecular weight excluding hydrogens is 329 g/mol. The zero-order valence-electron chi connectivity index (χ0n) is 13.1. The lowest BCUT2D eigenvalue weighted by molar-refractivity contribution is -0.153. The van der Waals surface area contributed by atoms with Crippen molar-refractivity contribution in [2.24, 2.45) is 0 Å². The first-order valence-electron chi connectivity index (χ1n) is 6.89. The van der Waals surface area contributed by atoms with Crippen molar-refractivity contribution in [3.8, 4) is 0 Å². The maximum atomic E-state index is 12.9. The van der Waals surface area contributed by atoms with Crippen LogP contribution in [-0.4, -0.2) is 38.6 Å². The van der Waals surface area contributed by atoms with Crippen LogP contribution in [0.25, 0.3) is 5.65 Å². The van der Waals surface area contributed by atoms with Gasteiger partial charge in [0.25, 0.3) is 5.91 Å². The van der Waals surface area contributed by atoms with Gasteiger partial charge in [0.2, 0.25) is 0 Å². The van der Waals surface area contributed by atoms with Crippen LogP contribution in [0.15, 0.2) is 18.3 Å². The first-order valence-corrected chi connectivity index (χ1v) is 6.89. The molecule has 0 aromatic carbocycles. The second-order valence-corrected chi connectivity index (χ2v) is 5.90. The van der Waals surface area contributed by atoms with Gasteiger partial charge in [-0.25, -0.2) is 9.50 Å². The van der Waals surface area contributed by atoms with E-state index in [2.05, 4.69) is 15.4 Å². The molecule has 1 amide bonds. The number of ether oxygens (including phenoxy) is 1. The van der Waals surface area contributed by atoms with Gasteiger partial charge in [0, 0.05) is 12.3 Å². The van der Waals surface area contributed by atoms with E-state index in [1.165, 1.54) is 0 Å². The summed E-state index contributed by atoms with van der Waals surface area (Å²) in [6, 6.07) is 1.85. The number of hydrogen-bond donors (Lipinski definition) is 1. The number of esters is 1. The number of aromatic nitrogens is 3. The summed E-state index contributed by atoms with van der Waals surface area (Å²) >= 11 is 0. The maximum absolute atomic E-state index is 12.9. The Morgan fingerprint density at radius 2 is 1.96 bits per heavy atom. The van der Waals surface area contributed by atoms with Gasteiger partial charge in [0.15, 0.2) is 11.3 Å². The number of carbonyl (C=O) groups is 2. The van der Waals surface area contributed by atoms with Crippen LogP contribution in [0.3, 0.4) is 0 Å². The van der Waals surface area contributed by atoms with Crippen LogP contribution in [0.4, 0.5) is 13.2 Å². The molecule has 24 heavy (non-hydrogen) atoms. The summed E-state index contributed by atoms with van der Waals surface area (Å²) in [6.45, 7) is 4.57. The third-order valence-electron chi connectivity index (χ3n) is 2.69. The zero-order valence-corrected chi connectivity index (χ0v) is 13.1. The summed E-state index contributed by atoms with van der Waals surface area (Å²) in [5.41, 5.74) is -2.19. The number of hydrogen-bond acceptors (Lipinski definition) is 5. The summed E-state index contributed by atoms with van der Waals surface area (Å²) < 4.78 is 44.2. The Kier molecular flexibility index (Phi) is 4.50. The Morgan fingerprint density at radius 3 is 2.54 bits per heavy atom. The zero-order chi connectivity index (χ0) is 18.1. The molecule has 0 saturated heterocycles. The molecule has 0 radical (unpaired) electrons. The third kappa shape index (κ3) is 4.21. The first kappa shape index (κ1) is 17.7. The summed E-state index contributed by atoms with van der Waals surface area (Å²) in [7, 11) is 0. The predicted octanol–water partition coefficient (Wildman–Crippen LogP) is 1.82. The molecule has 0 aliphatic rings. The SMILES string of the molecule is CC(C)(C)OC(=O)CNC(=O)c1cc2nccc(C(F)(F)F)n2n1. The van der Waals surface area contributed by atoms with E-state index in [1.54, 1.807) is 20.8 Å². The fourth-order valence-electron chi connectivity index (χ4n) is 1.84. The molecule has 2 aromatic rings. The smallest absolute Gasteiger partial charge is 0.433 e. The van der Waals surface area contributed by atoms with Gasteiger partial charge in [-0.15, -0.1) is 0 Å². The van der Waals surface area contributed by atoms with E-state index >= 15 is 0 Å². The van der Waals surface area contributed by atoms with Gasteiger partial charge in [-0.2, -0.15) is 18.3 Å². The molecule has 130 valence electrons. The number of fused-ring (bicyclic) bond motifs is 1. The average Bonchev–Trinajstić information content (AvgIpc) is 2.85. The van der Waals surface area contributed by atoms with Gasteiger partial charge >= 0.3 is 12.1 Å². The number of nitrogens with one attached hydrogen (secondary N) is 1. The summed E-state index contributed by atoms with van der Waals surface area (Å²) in [6.07, 6.45) is -3.67. The van der Waals surface area contributed by atoms with Gasteiger partial charge < -0.3 is 10.1 Å². The average molecular weight is 344 g/mol. The van der Waals surface area contributed by atoms with E-state index < -0.39 is 35.9 Å². The maximum Gasteiger partial charge on any atom is 0.433 e. The number of carbonyl (C=O) groups excluding carboxylic acids is 2. The van der Waals surface area contributed by atoms with Crippen molar-refractivity contribution in [2.45, 2.75) is 32.5 Å². The molecule has 2 heterocycles. The Bertz CT molecular complexity index is 778. The van der Waals surface area contributed by atoms with Crippen LogP contribution in [-0.2, 0) is 15.7 Å². The molecule has 0 unspecified atom stereocenters. The van der Waals surface area contributed by atoms with Crippen molar-refractivity contribution in [3.05, 3.63) is 29.7 Å². The normalized spacial score (nSPS) is 12.2. The quantitative estimate of drug-likeness (QED) is 0.859. The summed E-state index contributed by atoms with van der Waals surface area (Å²) in [5.74, 6) is -1.48. The van der Waals surface area contributed by atoms with Gasteiger partial charge in [-0.1, -0.05) is 0 Å². The Balaban J connectivity index is 2.15. The lowest BCUT2D eigenvalue weighted by atomic mass is 10.2. The monoisotopic (exact) mass is 344 g/mol. The molecule has 0 saturated carbocycles. The van der Waals surface area contributed by atoms with Crippen molar-refractivity contribution in [3.63, 3.8) is 0 Å². The molecule has 10 heteroatoms. The molecule has 0 spiro atoms. The lowest BCUT2D eigenvalue weighted by Crippen LogP contribution is -2.34. The molecule has 1 N–H and O–H groups in total. The van der Waals surface area contributed by atoms with Crippen molar-refractivity contribution >= 4 is 17.5 Å². The third-order valence-corrected chi connectivity index (χ3v) is 2.69. The van der Waals surface area contributed by atoms with E-state index in [-0.39, 0.29) is 11.3 Å². The van der Waals surface area contributed by atoms with Crippen molar-refractivity contribution in [1.29, 1.82) is 0 Å². The van der Waals surface area contributed by atoms with E-state index in [0.717, 1.165) is 18.3 Å². The van der Waals surface area contributed by atoms with E-state index in [9.17, 15) is 22.8 Å². The van der Waals surface area contributed by atoms with E-state index in [0.29, 0.717) is 4.52 Å². The number of halogens is 3. The highest BCUT2D eigenvalue weighted by Gasteiger charge is 2.34. The number of nitrogens with zero attached hydrogens (tertiary/aromatic N) is 3. The molecule has 0 atom stereocenters. The fourth-order valence-corrected chi connectivity index (χ4v) is 1.84. The largest absolute Gasteiger partial charge is 0.459 e. The van der Waals surface area contributed by atoms with Crippen LogP contribution in [0, 0.1) is 0 Å². The highest BCUT2D eigenvalue weighted by Crippen LogP contribution is 2.28.